The molecule has 0 saturated carbocycles. The van der Waals surface area contributed by atoms with Crippen molar-refractivity contribution in [2.75, 3.05) is 139 Å². The fourth-order valence-corrected chi connectivity index (χ4v) is 15.1. The van der Waals surface area contributed by atoms with Crippen LogP contribution in [0.4, 0.5) is 10.5 Å². The van der Waals surface area contributed by atoms with Crippen LogP contribution >= 0.6 is 0 Å². The maximum absolute atomic E-state index is 14.5. The van der Waals surface area contributed by atoms with Crippen molar-refractivity contribution in [3.63, 3.8) is 0 Å². The smallest absolute Gasteiger partial charge is 0.410 e. The highest BCUT2D eigenvalue weighted by molar-refractivity contribution is 6.00. The molecule has 37 nitrogen and oxygen atoms in total. The Morgan fingerprint density at radius 2 is 1.32 bits per heavy atom. The summed E-state index contributed by atoms with van der Waals surface area (Å²) in [5, 5.41) is 74.1. The molecule has 4 aliphatic heterocycles. The molecule has 0 bridgehead atoms. The number of benzene rings is 3. The highest BCUT2D eigenvalue weighted by Gasteiger charge is 2.49. The summed E-state index contributed by atoms with van der Waals surface area (Å²) >= 11 is 0. The van der Waals surface area contributed by atoms with Gasteiger partial charge in [0.25, 0.3) is 5.56 Å². The number of pyridine rings is 2. The van der Waals surface area contributed by atoms with Crippen LogP contribution in [0, 0.1) is 12.8 Å². The van der Waals surface area contributed by atoms with E-state index in [9.17, 15) is 68.7 Å². The van der Waals surface area contributed by atoms with E-state index in [2.05, 4.69) is 66.3 Å². The number of unbranched alkanes of at least 4 members (excludes halogenated alkanes) is 1. The van der Waals surface area contributed by atoms with Gasteiger partial charge in [0.05, 0.1) is 140 Å². The number of carboxylic acid groups (broad SMARTS) is 1. The number of aliphatic hydroxyl groups is 4. The number of para-hydroxylation sites is 1. The fourth-order valence-electron chi connectivity index (χ4n) is 15.1. The monoisotopic (exact) mass is 1740 g/mol. The van der Waals surface area contributed by atoms with Gasteiger partial charge in [-0.25, -0.2) is 29.4 Å². The number of methoxy groups -OCH3 is 1. The Morgan fingerprint density at radius 1 is 0.677 bits per heavy atom. The molecule has 0 unspecified atom stereocenters. The summed E-state index contributed by atoms with van der Waals surface area (Å²) in [5.74, 6) is -6.52. The van der Waals surface area contributed by atoms with Gasteiger partial charge in [0.2, 0.25) is 35.8 Å². The lowest BCUT2D eigenvalue weighted by Crippen LogP contribution is -2.61. The lowest BCUT2D eigenvalue weighted by atomic mass is 9.86. The summed E-state index contributed by atoms with van der Waals surface area (Å²) in [6.07, 6.45) is -9.95. The number of hydrazine groups is 1. The third-order valence-corrected chi connectivity index (χ3v) is 22.3. The molecule has 3 aromatic carbocycles. The van der Waals surface area contributed by atoms with E-state index >= 15 is 0 Å². The molecule has 0 spiro atoms. The Morgan fingerprint density at radius 3 is 1.96 bits per heavy atom. The number of anilines is 1. The van der Waals surface area contributed by atoms with Crippen LogP contribution in [-0.2, 0) is 137 Å². The lowest BCUT2D eigenvalue weighted by Gasteiger charge is -2.38. The number of aliphatic carboxylic acids is 1. The van der Waals surface area contributed by atoms with Gasteiger partial charge in [-0.2, -0.15) is 0 Å². The number of aryl methyl sites for hydroxylation is 2. The van der Waals surface area contributed by atoms with Crippen LogP contribution in [0.1, 0.15) is 125 Å². The molecule has 4 aliphatic rings. The second-order valence-electron chi connectivity index (χ2n) is 31.7. The summed E-state index contributed by atoms with van der Waals surface area (Å²) in [6.45, 7) is 18.9. The summed E-state index contributed by atoms with van der Waals surface area (Å²) in [5.41, 5.74) is 5.50. The molecule has 0 aliphatic carbocycles. The van der Waals surface area contributed by atoms with Crippen molar-refractivity contribution in [3.05, 3.63) is 122 Å². The molecule has 6 aromatic rings. The Kier molecular flexibility index (Phi) is 36.2. The molecule has 0 radical (unpaired) electrons. The minimum absolute atomic E-state index is 0.0178. The van der Waals surface area contributed by atoms with Gasteiger partial charge in [0.1, 0.15) is 55.4 Å². The van der Waals surface area contributed by atoms with E-state index in [4.69, 9.17) is 61.8 Å². The standard InChI is InChI=1S/C87H121N11O26/c1-11-87(112)63-46-68-74-61(48-98(68)82(107)62(63)51-121-85(87)110)57(58-16-12-13-17-64(58)91-74)23-27-96(53(4)5)86(111)122-50-56-20-21-65(70(45-56)123-84-77(103)75(101)76(102)78(124-84)83(108)109)92-79(104)55(7)89-81(106)73(52(2)3)93-80(105)66(18-14-15-26-88-71(99)24-28-97-67-22-19-54(6)44-59(67)60-47-94(8)95(9)49-69(60)97)90-72(100)25-29-114-32-33-116-36-37-118-40-41-120-43-42-119-39-38-117-35-34-115-31-30-113-10/h12-13,16-17,19-22,44-46,52-53,55,66,73,75-78,84,101-103,112H,11,14-15,18,23-43,47-51H2,1-10H3,(H,88,99)(H,89,106)(H,90,100)(H,92,104)(H,93,105)(H,108,109)/t55-,66-,73-,75-,76-,77+,78-,84+,87-/m0/s1. The van der Waals surface area contributed by atoms with Crippen molar-refractivity contribution in [2.45, 2.75) is 193 Å². The number of aliphatic hydroxyl groups excluding tert-OH is 3. The number of fused-ring (bicyclic) bond motifs is 8. The number of carbonyl (C=O) groups is 8. The van der Waals surface area contributed by atoms with Gasteiger partial charge in [-0.15, -0.1) is 0 Å². The molecule has 1 fully saturated rings. The lowest BCUT2D eigenvalue weighted by molar-refractivity contribution is -0.271. The molecule has 680 valence electrons. The van der Waals surface area contributed by atoms with Gasteiger partial charge >= 0.3 is 18.0 Å². The van der Waals surface area contributed by atoms with E-state index in [0.29, 0.717) is 121 Å². The minimum Gasteiger partial charge on any atom is -0.479 e. The van der Waals surface area contributed by atoms with Crippen LogP contribution in [0.3, 0.4) is 0 Å². The minimum atomic E-state index is -2.10. The van der Waals surface area contributed by atoms with E-state index in [-0.39, 0.29) is 119 Å². The maximum Gasteiger partial charge on any atom is 0.410 e. The van der Waals surface area contributed by atoms with Crippen LogP contribution < -0.4 is 36.9 Å². The molecule has 3 aromatic heterocycles. The number of hydrogen-bond donors (Lipinski definition) is 10. The van der Waals surface area contributed by atoms with Crippen LogP contribution in [0.15, 0.2) is 71.5 Å². The normalized spacial score (nSPS) is 18.8. The van der Waals surface area contributed by atoms with Gasteiger partial charge < -0.3 is 123 Å². The number of amides is 6. The molecule has 124 heavy (non-hydrogen) atoms. The average Bonchev–Trinajstić information content (AvgIpc) is 1.55. The Hall–Kier alpha value is -9.68. The van der Waals surface area contributed by atoms with Crippen LogP contribution in [0.25, 0.3) is 33.2 Å². The Labute approximate surface area is 719 Å². The van der Waals surface area contributed by atoms with Gasteiger partial charge in [0, 0.05) is 99.4 Å². The third kappa shape index (κ3) is 25.1. The molecular weight excluding hydrogens is 1620 g/mol. The number of nitrogens with one attached hydrogen (secondary N) is 5. The quantitative estimate of drug-likeness (QED) is 0.0192. The van der Waals surface area contributed by atoms with Gasteiger partial charge in [0.15, 0.2) is 11.7 Å². The SMILES string of the molecule is CC[C@@]1(O)C(=O)OCc2c1cc1n(c2=O)Cc2c-1nc1ccccc1c2CCN(C(=O)OCc1ccc(NC(=O)[C@H](C)NC(=O)[C@@H](NC(=O)[C@H](CCCCNC(=O)CCn2c3c(c4cc(C)ccc42)CN(C)N(C)C3)NC(=O)CCOCCOCCOCCOCCOCCOCCOCCOC)C(C)C)c(O[C@@H]2O[C@H](C(=O)O)[C@@H](O)[C@H](O)[C@H]2O)c1)C(C)C. The van der Waals surface area contributed by atoms with Crippen molar-refractivity contribution in [2.24, 2.45) is 5.92 Å². The molecule has 37 heteroatoms. The first-order valence-electron chi connectivity index (χ1n) is 42.3. The van der Waals surface area contributed by atoms with E-state index < -0.39 is 120 Å². The van der Waals surface area contributed by atoms with E-state index in [1.807, 2.05) is 38.4 Å². The van der Waals surface area contributed by atoms with Crippen LogP contribution in [0.5, 0.6) is 5.75 Å². The van der Waals surface area contributed by atoms with Crippen molar-refractivity contribution in [1.82, 2.24) is 50.3 Å². The first-order valence-corrected chi connectivity index (χ1v) is 42.3. The molecule has 7 heterocycles. The van der Waals surface area contributed by atoms with E-state index in [0.717, 1.165) is 34.3 Å². The van der Waals surface area contributed by atoms with Crippen LogP contribution in [-0.4, -0.2) is 290 Å². The van der Waals surface area contributed by atoms with Crippen molar-refractivity contribution >= 4 is 75.1 Å². The number of esters is 1. The summed E-state index contributed by atoms with van der Waals surface area (Å²) in [4.78, 5) is 131. The predicted octanol–water partition coefficient (Wildman–Crippen LogP) is 3.59. The highest BCUT2D eigenvalue weighted by Crippen LogP contribution is 2.42. The van der Waals surface area contributed by atoms with E-state index in [1.165, 1.54) is 45.5 Å². The van der Waals surface area contributed by atoms with Gasteiger partial charge in [-0.05, 0) is 119 Å². The zero-order chi connectivity index (χ0) is 89.3. The van der Waals surface area contributed by atoms with Gasteiger partial charge in [-0.1, -0.05) is 56.7 Å². The zero-order valence-corrected chi connectivity index (χ0v) is 72.3. The molecule has 9 atom stereocenters. The van der Waals surface area contributed by atoms with Gasteiger partial charge in [-0.3, -0.25) is 28.8 Å². The number of ether oxygens (including phenoxy) is 12. The number of carboxylic acids is 1. The second-order valence-corrected chi connectivity index (χ2v) is 31.7. The predicted molar refractivity (Wildman–Crippen MR) is 450 cm³/mol. The Balaban J connectivity index is 0.748. The van der Waals surface area contributed by atoms with E-state index in [1.54, 1.807) is 47.8 Å². The van der Waals surface area contributed by atoms with Crippen molar-refractivity contribution in [3.8, 4) is 17.1 Å². The average molecular weight is 1740 g/mol. The number of aromatic nitrogens is 3. The molecular formula is C87H121N11O26. The third-order valence-electron chi connectivity index (χ3n) is 22.3. The summed E-state index contributed by atoms with van der Waals surface area (Å²) in [6, 6.07) is 15.2. The zero-order valence-electron chi connectivity index (χ0n) is 72.3. The summed E-state index contributed by atoms with van der Waals surface area (Å²) in [7, 11) is 5.69. The Bertz CT molecular complexity index is 4710. The molecule has 6 amide bonds. The molecule has 1 saturated heterocycles. The van der Waals surface area contributed by atoms with Crippen LogP contribution in [0.2, 0.25) is 0 Å². The fraction of sp³-hybridized carbons (Fsp3) is 0.586. The second kappa shape index (κ2) is 46.5. The van der Waals surface area contributed by atoms with Crippen molar-refractivity contribution < 1.29 is 121 Å². The first kappa shape index (κ1) is 96.5. The summed E-state index contributed by atoms with van der Waals surface area (Å²) < 4.78 is 70.2. The molecule has 10 rings (SSSR count). The highest BCUT2D eigenvalue weighted by atomic mass is 16.7. The van der Waals surface area contributed by atoms with Crippen molar-refractivity contribution in [1.29, 1.82) is 0 Å². The number of hydrogen-bond acceptors (Lipinski definition) is 28. The topological polar surface area (TPSA) is 458 Å². The number of nitrogens with zero attached hydrogens (tertiary/aromatic N) is 6. The number of cyclic esters (lactones) is 1. The molecule has 10 N–H and O–H groups in total. The number of carbonyl (C=O) groups excluding carboxylic acids is 7. The largest absolute Gasteiger partial charge is 0.479 e. The maximum atomic E-state index is 14.5. The first-order chi connectivity index (χ1) is 59.5. The number of rotatable bonds is 50.